The number of carbonyl (C=O) groups is 1. The monoisotopic (exact) mass is 407 g/mol. The second-order valence-electron chi connectivity index (χ2n) is 7.20. The van der Waals surface area contributed by atoms with Gasteiger partial charge in [-0.1, -0.05) is 19.9 Å². The molecule has 144 valence electrons. The number of halogens is 2. The summed E-state index contributed by atoms with van der Waals surface area (Å²) in [5.41, 5.74) is 0. The topological polar surface area (TPSA) is 44.4 Å². The molecular formula is C18H31Cl2N3OS. The van der Waals surface area contributed by atoms with Crippen molar-refractivity contribution in [1.82, 2.24) is 15.5 Å². The van der Waals surface area contributed by atoms with E-state index < -0.39 is 0 Å². The largest absolute Gasteiger partial charge is 0.354 e. The van der Waals surface area contributed by atoms with Crippen LogP contribution in [0.15, 0.2) is 17.5 Å². The van der Waals surface area contributed by atoms with Gasteiger partial charge < -0.3 is 10.6 Å². The lowest BCUT2D eigenvalue weighted by Crippen LogP contribution is -2.50. The Bertz CT molecular complexity index is 502. The Hall–Kier alpha value is -0.330. The van der Waals surface area contributed by atoms with Gasteiger partial charge in [-0.2, -0.15) is 0 Å². The zero-order valence-electron chi connectivity index (χ0n) is 15.1. The lowest BCUT2D eigenvalue weighted by atomic mass is 9.88. The second kappa shape index (κ2) is 10.7. The molecule has 0 bridgehead atoms. The van der Waals surface area contributed by atoms with Crippen LogP contribution in [0.25, 0.3) is 0 Å². The molecule has 2 unspecified atom stereocenters. The normalized spacial score (nSPS) is 21.4. The highest BCUT2D eigenvalue weighted by molar-refractivity contribution is 7.10. The molecule has 2 atom stereocenters. The quantitative estimate of drug-likeness (QED) is 0.759. The van der Waals surface area contributed by atoms with Gasteiger partial charge in [0, 0.05) is 17.3 Å². The molecule has 2 N–H and O–H groups in total. The van der Waals surface area contributed by atoms with Crippen LogP contribution >= 0.6 is 36.2 Å². The molecule has 4 nitrogen and oxygen atoms in total. The van der Waals surface area contributed by atoms with Crippen LogP contribution in [0.2, 0.25) is 0 Å². The third-order valence-electron chi connectivity index (χ3n) is 5.53. The van der Waals surface area contributed by atoms with Gasteiger partial charge in [-0.3, -0.25) is 9.69 Å². The van der Waals surface area contributed by atoms with E-state index in [1.54, 1.807) is 11.3 Å². The Morgan fingerprint density at radius 1 is 1.36 bits per heavy atom. The average molecular weight is 408 g/mol. The third kappa shape index (κ3) is 5.83. The second-order valence-corrected chi connectivity index (χ2v) is 8.18. The fourth-order valence-corrected chi connectivity index (χ4v) is 4.33. The molecule has 25 heavy (non-hydrogen) atoms. The summed E-state index contributed by atoms with van der Waals surface area (Å²) in [4.78, 5) is 16.4. The highest BCUT2D eigenvalue weighted by atomic mass is 35.5. The van der Waals surface area contributed by atoms with Crippen LogP contribution in [-0.2, 0) is 4.79 Å². The Labute approximate surface area is 167 Å². The number of thiophene rings is 1. The first-order valence-electron chi connectivity index (χ1n) is 8.91. The summed E-state index contributed by atoms with van der Waals surface area (Å²) in [6.45, 7) is 9.37. The minimum Gasteiger partial charge on any atom is -0.354 e. The van der Waals surface area contributed by atoms with Crippen LogP contribution < -0.4 is 10.6 Å². The van der Waals surface area contributed by atoms with E-state index in [0.717, 1.165) is 38.6 Å². The molecule has 2 aliphatic rings. The van der Waals surface area contributed by atoms with E-state index in [2.05, 4.69) is 46.9 Å². The summed E-state index contributed by atoms with van der Waals surface area (Å²) in [7, 11) is 0. The van der Waals surface area contributed by atoms with E-state index in [9.17, 15) is 4.79 Å². The Morgan fingerprint density at radius 2 is 2.04 bits per heavy atom. The zero-order chi connectivity index (χ0) is 16.2. The molecule has 0 radical (unpaired) electrons. The summed E-state index contributed by atoms with van der Waals surface area (Å²) >= 11 is 1.80. The third-order valence-corrected chi connectivity index (χ3v) is 6.51. The number of rotatable bonds is 6. The van der Waals surface area contributed by atoms with E-state index in [1.807, 2.05) is 0 Å². The number of hydrogen-bond donors (Lipinski definition) is 2. The van der Waals surface area contributed by atoms with Crippen molar-refractivity contribution in [2.75, 3.05) is 32.7 Å². The molecule has 2 fully saturated rings. The van der Waals surface area contributed by atoms with E-state index in [0.29, 0.717) is 12.0 Å². The van der Waals surface area contributed by atoms with Crippen molar-refractivity contribution in [2.45, 2.75) is 32.7 Å². The van der Waals surface area contributed by atoms with Crippen molar-refractivity contribution >= 4 is 42.1 Å². The summed E-state index contributed by atoms with van der Waals surface area (Å²) in [6.07, 6.45) is 2.53. The Kier molecular flexibility index (Phi) is 9.75. The van der Waals surface area contributed by atoms with Crippen molar-refractivity contribution in [3.05, 3.63) is 22.4 Å². The molecule has 1 amide bonds. The summed E-state index contributed by atoms with van der Waals surface area (Å²) in [5.74, 6) is 1.66. The highest BCUT2D eigenvalue weighted by Crippen LogP contribution is 2.29. The smallest absolute Gasteiger partial charge is 0.223 e. The number of likely N-dealkylation sites (tertiary alicyclic amines) is 1. The maximum Gasteiger partial charge on any atom is 0.223 e. The lowest BCUT2D eigenvalue weighted by Gasteiger charge is -2.37. The first kappa shape index (κ1) is 22.7. The summed E-state index contributed by atoms with van der Waals surface area (Å²) < 4.78 is 0. The number of piperidine rings is 1. The van der Waals surface area contributed by atoms with Crippen molar-refractivity contribution in [1.29, 1.82) is 0 Å². The van der Waals surface area contributed by atoms with Crippen LogP contribution in [0.5, 0.6) is 0 Å². The molecule has 1 aromatic heterocycles. The standard InChI is InChI=1S/C18H29N3OS.2ClH/c1-13-5-7-21(8-6-13)16(17-4-3-9-23-17)12-20-18(22)14(2)15-10-19-11-15;;/h3-4,9,13-16,19H,5-8,10-12H2,1-2H3,(H,20,22);2*1H. The molecule has 1 aromatic rings. The average Bonchev–Trinajstić information content (AvgIpc) is 3.01. The van der Waals surface area contributed by atoms with Gasteiger partial charge in [0.05, 0.1) is 6.04 Å². The number of carbonyl (C=O) groups excluding carboxylic acids is 1. The van der Waals surface area contributed by atoms with Gasteiger partial charge in [0.15, 0.2) is 0 Å². The molecule has 0 spiro atoms. The maximum absolute atomic E-state index is 12.4. The van der Waals surface area contributed by atoms with Gasteiger partial charge in [-0.25, -0.2) is 0 Å². The van der Waals surface area contributed by atoms with Crippen LogP contribution in [0.3, 0.4) is 0 Å². The minimum atomic E-state index is 0. The minimum absolute atomic E-state index is 0. The van der Waals surface area contributed by atoms with Crippen molar-refractivity contribution in [3.8, 4) is 0 Å². The first-order valence-corrected chi connectivity index (χ1v) is 9.79. The van der Waals surface area contributed by atoms with Crippen molar-refractivity contribution < 1.29 is 4.79 Å². The van der Waals surface area contributed by atoms with Crippen LogP contribution in [-0.4, -0.2) is 43.5 Å². The van der Waals surface area contributed by atoms with Gasteiger partial charge in [-0.15, -0.1) is 36.2 Å². The first-order chi connectivity index (χ1) is 11.1. The molecule has 0 saturated carbocycles. The van der Waals surface area contributed by atoms with Crippen molar-refractivity contribution in [3.63, 3.8) is 0 Å². The van der Waals surface area contributed by atoms with E-state index >= 15 is 0 Å². The maximum atomic E-state index is 12.4. The number of amides is 1. The van der Waals surface area contributed by atoms with Crippen molar-refractivity contribution in [2.24, 2.45) is 17.8 Å². The zero-order valence-corrected chi connectivity index (χ0v) is 17.5. The predicted molar refractivity (Wildman–Crippen MR) is 110 cm³/mol. The fourth-order valence-electron chi connectivity index (χ4n) is 3.47. The van der Waals surface area contributed by atoms with Crippen LogP contribution in [0.4, 0.5) is 0 Å². The van der Waals surface area contributed by atoms with Crippen LogP contribution in [0.1, 0.15) is 37.6 Å². The van der Waals surface area contributed by atoms with E-state index in [-0.39, 0.29) is 36.6 Å². The predicted octanol–water partition coefficient (Wildman–Crippen LogP) is 3.34. The highest BCUT2D eigenvalue weighted by Gasteiger charge is 2.30. The van der Waals surface area contributed by atoms with Gasteiger partial charge in [0.25, 0.3) is 0 Å². The summed E-state index contributed by atoms with van der Waals surface area (Å²) in [6, 6.07) is 4.65. The molecule has 0 aromatic carbocycles. The summed E-state index contributed by atoms with van der Waals surface area (Å²) in [5, 5.41) is 8.62. The van der Waals surface area contributed by atoms with Crippen LogP contribution in [0, 0.1) is 17.8 Å². The van der Waals surface area contributed by atoms with E-state index in [4.69, 9.17) is 0 Å². The molecular weight excluding hydrogens is 377 g/mol. The van der Waals surface area contributed by atoms with Gasteiger partial charge in [0.2, 0.25) is 5.91 Å². The molecule has 2 saturated heterocycles. The number of hydrogen-bond acceptors (Lipinski definition) is 4. The fraction of sp³-hybridized carbons (Fsp3) is 0.722. The Morgan fingerprint density at radius 3 is 2.56 bits per heavy atom. The molecule has 2 aliphatic heterocycles. The molecule has 7 heteroatoms. The SMILES string of the molecule is CC1CCN(C(CNC(=O)C(C)C2CNC2)c2cccs2)CC1.Cl.Cl. The van der Waals surface area contributed by atoms with Gasteiger partial charge in [0.1, 0.15) is 0 Å². The van der Waals surface area contributed by atoms with Gasteiger partial charge >= 0.3 is 0 Å². The number of nitrogens with zero attached hydrogens (tertiary/aromatic N) is 1. The molecule has 0 aliphatic carbocycles. The lowest BCUT2D eigenvalue weighted by molar-refractivity contribution is -0.127. The van der Waals surface area contributed by atoms with E-state index in [1.165, 1.54) is 17.7 Å². The van der Waals surface area contributed by atoms with Gasteiger partial charge in [-0.05, 0) is 62.3 Å². The molecule has 3 heterocycles. The Balaban J connectivity index is 0.00000156. The number of nitrogens with one attached hydrogen (secondary N) is 2. The molecule has 3 rings (SSSR count).